The van der Waals surface area contributed by atoms with Crippen molar-refractivity contribution in [3.63, 3.8) is 0 Å². The Balaban J connectivity index is 1.63. The zero-order chi connectivity index (χ0) is 17.2. The molecule has 0 amide bonds. The van der Waals surface area contributed by atoms with Crippen LogP contribution in [0, 0.1) is 5.82 Å². The van der Waals surface area contributed by atoms with E-state index in [2.05, 4.69) is 10.1 Å². The summed E-state index contributed by atoms with van der Waals surface area (Å²) in [6.07, 6.45) is 2.80. The second kappa shape index (κ2) is 6.16. The predicted molar refractivity (Wildman–Crippen MR) is 93.1 cm³/mol. The van der Waals surface area contributed by atoms with Crippen molar-refractivity contribution in [2.24, 2.45) is 5.10 Å². The molecule has 0 aliphatic heterocycles. The Kier molecular flexibility index (Phi) is 3.70. The largest absolute Gasteiger partial charge is 0.455 e. The molecule has 4 rings (SSSR count). The van der Waals surface area contributed by atoms with Gasteiger partial charge < -0.3 is 4.42 Å². The summed E-state index contributed by atoms with van der Waals surface area (Å²) in [6.45, 7) is 0. The Morgan fingerprint density at radius 2 is 1.84 bits per heavy atom. The van der Waals surface area contributed by atoms with Crippen LogP contribution in [0.15, 0.2) is 81.3 Å². The van der Waals surface area contributed by atoms with E-state index < -0.39 is 0 Å². The molecule has 2 heterocycles. The van der Waals surface area contributed by atoms with Gasteiger partial charge in [0.15, 0.2) is 0 Å². The number of fused-ring (bicyclic) bond motifs is 1. The highest BCUT2D eigenvalue weighted by Gasteiger charge is 2.05. The second-order valence-electron chi connectivity index (χ2n) is 5.36. The zero-order valence-corrected chi connectivity index (χ0v) is 13.0. The van der Waals surface area contributed by atoms with E-state index in [-0.39, 0.29) is 11.4 Å². The molecule has 25 heavy (non-hydrogen) atoms. The van der Waals surface area contributed by atoms with Gasteiger partial charge in [-0.2, -0.15) is 9.78 Å². The lowest BCUT2D eigenvalue weighted by molar-refractivity contribution is 0.573. The topological polar surface area (TPSA) is 60.4 Å². The van der Waals surface area contributed by atoms with Gasteiger partial charge >= 0.3 is 0 Å². The van der Waals surface area contributed by atoms with Crippen LogP contribution in [0.3, 0.4) is 0 Å². The average Bonchev–Trinajstić information content (AvgIpc) is 3.11. The highest BCUT2D eigenvalue weighted by atomic mass is 19.1. The Morgan fingerprint density at radius 3 is 2.68 bits per heavy atom. The number of furan rings is 1. The van der Waals surface area contributed by atoms with Gasteiger partial charge in [0, 0.05) is 5.56 Å². The van der Waals surface area contributed by atoms with E-state index in [0.29, 0.717) is 22.4 Å². The first-order chi connectivity index (χ1) is 12.2. The monoisotopic (exact) mass is 333 g/mol. The molecule has 0 unspecified atom stereocenters. The average molecular weight is 333 g/mol. The number of rotatable bonds is 3. The van der Waals surface area contributed by atoms with E-state index in [1.165, 1.54) is 24.7 Å². The SMILES string of the molecule is O=c1c2ccccc2ncn1/N=C/c1ccc(-c2ccc(F)cc2)o1. The number of halogens is 1. The van der Waals surface area contributed by atoms with Gasteiger partial charge in [0.2, 0.25) is 0 Å². The highest BCUT2D eigenvalue weighted by Crippen LogP contribution is 2.21. The van der Waals surface area contributed by atoms with E-state index in [0.717, 1.165) is 10.2 Å². The van der Waals surface area contributed by atoms with Crippen molar-refractivity contribution in [1.82, 2.24) is 9.66 Å². The van der Waals surface area contributed by atoms with Crippen molar-refractivity contribution in [3.05, 3.63) is 88.9 Å². The Bertz CT molecular complexity index is 1130. The van der Waals surface area contributed by atoms with Crippen molar-refractivity contribution < 1.29 is 8.81 Å². The maximum atomic E-state index is 13.0. The quantitative estimate of drug-likeness (QED) is 0.537. The fraction of sp³-hybridized carbons (Fsp3) is 0. The molecule has 4 aromatic rings. The molecule has 0 saturated heterocycles. The Labute approximate surface area is 141 Å². The maximum absolute atomic E-state index is 13.0. The van der Waals surface area contributed by atoms with Crippen molar-refractivity contribution in [2.45, 2.75) is 0 Å². The predicted octanol–water partition coefficient (Wildman–Crippen LogP) is 3.68. The molecule has 0 saturated carbocycles. The third-order valence-corrected chi connectivity index (χ3v) is 3.71. The van der Waals surface area contributed by atoms with Gasteiger partial charge in [-0.25, -0.2) is 9.37 Å². The summed E-state index contributed by atoms with van der Waals surface area (Å²) in [4.78, 5) is 16.5. The first kappa shape index (κ1) is 15.0. The lowest BCUT2D eigenvalue weighted by Crippen LogP contribution is -2.16. The molecular formula is C19H12FN3O2. The fourth-order valence-electron chi connectivity index (χ4n) is 2.45. The van der Waals surface area contributed by atoms with Gasteiger partial charge in [-0.05, 0) is 48.5 Å². The van der Waals surface area contributed by atoms with Crippen molar-refractivity contribution in [2.75, 3.05) is 0 Å². The summed E-state index contributed by atoms with van der Waals surface area (Å²) >= 11 is 0. The summed E-state index contributed by atoms with van der Waals surface area (Å²) in [5, 5.41) is 4.60. The second-order valence-corrected chi connectivity index (χ2v) is 5.36. The molecule has 0 radical (unpaired) electrons. The Hall–Kier alpha value is -3.54. The molecular weight excluding hydrogens is 321 g/mol. The van der Waals surface area contributed by atoms with Gasteiger partial charge in [0.25, 0.3) is 5.56 Å². The van der Waals surface area contributed by atoms with Crippen molar-refractivity contribution in [3.8, 4) is 11.3 Å². The molecule has 0 aliphatic carbocycles. The third kappa shape index (κ3) is 2.97. The molecule has 6 heteroatoms. The van der Waals surface area contributed by atoms with Crippen LogP contribution in [0.4, 0.5) is 4.39 Å². The van der Waals surface area contributed by atoms with Gasteiger partial charge in [-0.15, -0.1) is 0 Å². The van der Waals surface area contributed by atoms with Gasteiger partial charge in [-0.1, -0.05) is 12.1 Å². The number of hydrogen-bond acceptors (Lipinski definition) is 4. The van der Waals surface area contributed by atoms with E-state index >= 15 is 0 Å². The maximum Gasteiger partial charge on any atom is 0.281 e. The van der Waals surface area contributed by atoms with Crippen LogP contribution in [0.2, 0.25) is 0 Å². The molecule has 5 nitrogen and oxygen atoms in total. The molecule has 0 spiro atoms. The van der Waals surface area contributed by atoms with E-state index in [9.17, 15) is 9.18 Å². The summed E-state index contributed by atoms with van der Waals surface area (Å²) in [5.74, 6) is 0.755. The molecule has 0 N–H and O–H groups in total. The normalized spacial score (nSPS) is 11.4. The fourth-order valence-corrected chi connectivity index (χ4v) is 2.45. The van der Waals surface area contributed by atoms with E-state index in [4.69, 9.17) is 4.42 Å². The van der Waals surface area contributed by atoms with Crippen LogP contribution in [-0.4, -0.2) is 15.9 Å². The minimum absolute atomic E-state index is 0.257. The van der Waals surface area contributed by atoms with E-state index in [1.54, 1.807) is 42.5 Å². The summed E-state index contributed by atoms with van der Waals surface area (Å²) in [6, 6.07) is 16.6. The van der Waals surface area contributed by atoms with Crippen LogP contribution in [0.1, 0.15) is 5.76 Å². The molecule has 2 aromatic heterocycles. The lowest BCUT2D eigenvalue weighted by atomic mass is 10.2. The molecule has 0 bridgehead atoms. The van der Waals surface area contributed by atoms with Crippen LogP contribution in [0.25, 0.3) is 22.2 Å². The van der Waals surface area contributed by atoms with Crippen LogP contribution in [-0.2, 0) is 0 Å². The van der Waals surface area contributed by atoms with Crippen molar-refractivity contribution in [1.29, 1.82) is 0 Å². The number of para-hydroxylation sites is 1. The van der Waals surface area contributed by atoms with E-state index in [1.807, 2.05) is 6.07 Å². The summed E-state index contributed by atoms with van der Waals surface area (Å²) in [7, 11) is 0. The molecule has 0 atom stereocenters. The van der Waals surface area contributed by atoms with Crippen molar-refractivity contribution >= 4 is 17.1 Å². The van der Waals surface area contributed by atoms with Gasteiger partial charge in [-0.3, -0.25) is 4.79 Å². The molecule has 2 aromatic carbocycles. The van der Waals surface area contributed by atoms with Crippen LogP contribution >= 0.6 is 0 Å². The zero-order valence-electron chi connectivity index (χ0n) is 13.0. The molecule has 0 aliphatic rings. The molecule has 0 fully saturated rings. The highest BCUT2D eigenvalue weighted by molar-refractivity contribution is 5.78. The Morgan fingerprint density at radius 1 is 1.04 bits per heavy atom. The van der Waals surface area contributed by atoms with Gasteiger partial charge in [0.1, 0.15) is 23.7 Å². The number of hydrogen-bond donors (Lipinski definition) is 0. The summed E-state index contributed by atoms with van der Waals surface area (Å²) < 4.78 is 19.8. The number of benzene rings is 2. The molecule has 122 valence electrons. The summed E-state index contributed by atoms with van der Waals surface area (Å²) in [5.41, 5.74) is 1.12. The standard InChI is InChI=1S/C19H12FN3O2/c20-14-7-5-13(6-8-14)18-10-9-15(25-18)11-22-23-12-21-17-4-2-1-3-16(17)19(23)24/h1-12H/b22-11+. The smallest absolute Gasteiger partial charge is 0.281 e. The number of aromatic nitrogens is 2. The minimum Gasteiger partial charge on any atom is -0.455 e. The van der Waals surface area contributed by atoms with Crippen LogP contribution in [0.5, 0.6) is 0 Å². The lowest BCUT2D eigenvalue weighted by Gasteiger charge is -1.99. The first-order valence-corrected chi connectivity index (χ1v) is 7.57. The first-order valence-electron chi connectivity index (χ1n) is 7.57. The minimum atomic E-state index is -0.305. The number of nitrogens with zero attached hydrogens (tertiary/aromatic N) is 3. The van der Waals surface area contributed by atoms with Crippen LogP contribution < -0.4 is 5.56 Å². The third-order valence-electron chi connectivity index (χ3n) is 3.71. The van der Waals surface area contributed by atoms with Gasteiger partial charge in [0.05, 0.1) is 17.1 Å².